The lowest BCUT2D eigenvalue weighted by Gasteiger charge is -1.94. The molecule has 0 unspecified atom stereocenters. The monoisotopic (exact) mass is 178 g/mol. The van der Waals surface area contributed by atoms with Crippen LogP contribution in [0.3, 0.4) is 0 Å². The fraction of sp³-hybridized carbons (Fsp3) is 0.100. The number of hydrogen-bond acceptors (Lipinski definition) is 2. The average molecular weight is 178 g/mol. The van der Waals surface area contributed by atoms with Crippen molar-refractivity contribution < 1.29 is 14.3 Å². The predicted molar refractivity (Wildman–Crippen MR) is 45.1 cm³/mol. The second-order valence-electron chi connectivity index (χ2n) is 2.96. The van der Waals surface area contributed by atoms with Gasteiger partial charge in [0.15, 0.2) is 5.78 Å². The minimum atomic E-state index is -0.425. The number of carbonyl (C=O) groups is 1. The maximum atomic E-state index is 12.7. The summed E-state index contributed by atoms with van der Waals surface area (Å²) in [5, 5.41) is 8.70. The highest BCUT2D eigenvalue weighted by molar-refractivity contribution is 6.12. The van der Waals surface area contributed by atoms with Gasteiger partial charge in [-0.2, -0.15) is 0 Å². The normalized spacial score (nSPS) is 17.9. The Morgan fingerprint density at radius 1 is 1.46 bits per heavy atom. The van der Waals surface area contributed by atoms with Crippen molar-refractivity contribution in [3.05, 3.63) is 47.0 Å². The number of fused-ring (bicyclic) bond motifs is 1. The maximum absolute atomic E-state index is 12.7. The minimum absolute atomic E-state index is 0.281. The Hall–Kier alpha value is -1.64. The first kappa shape index (κ1) is 7.98. The quantitative estimate of drug-likeness (QED) is 0.487. The van der Waals surface area contributed by atoms with Crippen molar-refractivity contribution in [3.63, 3.8) is 0 Å². The first-order valence-corrected chi connectivity index (χ1v) is 3.89. The van der Waals surface area contributed by atoms with Gasteiger partial charge in [-0.3, -0.25) is 4.79 Å². The van der Waals surface area contributed by atoms with Gasteiger partial charge in [0.25, 0.3) is 0 Å². The number of carbonyl (C=O) groups excluding carboxylic acids is 1. The van der Waals surface area contributed by atoms with Gasteiger partial charge in [-0.05, 0) is 17.7 Å². The molecular formula is C10H7FO2. The first-order chi connectivity index (χ1) is 6.22. The molecule has 0 heterocycles. The molecule has 13 heavy (non-hydrogen) atoms. The Balaban J connectivity index is 2.57. The van der Waals surface area contributed by atoms with E-state index in [4.69, 9.17) is 5.11 Å². The summed E-state index contributed by atoms with van der Waals surface area (Å²) in [7, 11) is 0. The smallest absolute Gasteiger partial charge is 0.192 e. The summed E-state index contributed by atoms with van der Waals surface area (Å²) in [6.07, 6.45) is 1.19. The molecule has 66 valence electrons. The summed E-state index contributed by atoms with van der Waals surface area (Å²) in [6, 6.07) is 4.08. The van der Waals surface area contributed by atoms with Crippen LogP contribution in [0.1, 0.15) is 15.9 Å². The van der Waals surface area contributed by atoms with Crippen LogP contribution in [-0.2, 0) is 6.42 Å². The zero-order chi connectivity index (χ0) is 9.42. The molecule has 1 aromatic rings. The van der Waals surface area contributed by atoms with Crippen LogP contribution < -0.4 is 0 Å². The molecule has 0 saturated heterocycles. The lowest BCUT2D eigenvalue weighted by molar-refractivity contribution is 0.103. The van der Waals surface area contributed by atoms with Crippen LogP contribution in [-0.4, -0.2) is 10.9 Å². The zero-order valence-corrected chi connectivity index (χ0v) is 6.75. The van der Waals surface area contributed by atoms with Crippen LogP contribution >= 0.6 is 0 Å². The molecule has 1 N–H and O–H groups in total. The average Bonchev–Trinajstić information content (AvgIpc) is 2.44. The van der Waals surface area contributed by atoms with Crippen molar-refractivity contribution >= 4 is 5.78 Å². The number of Topliss-reactive ketones (excluding diaryl/α,β-unsaturated/α-hetero) is 1. The molecule has 1 aromatic carbocycles. The molecule has 2 nitrogen and oxygen atoms in total. The summed E-state index contributed by atoms with van der Waals surface area (Å²) >= 11 is 0. The molecule has 3 heteroatoms. The number of aliphatic hydroxyl groups is 1. The molecule has 1 aliphatic rings. The molecule has 0 spiro atoms. The Bertz CT molecular complexity index is 407. The number of benzene rings is 1. The Morgan fingerprint density at radius 3 is 2.92 bits per heavy atom. The largest absolute Gasteiger partial charge is 0.515 e. The van der Waals surface area contributed by atoms with Crippen molar-refractivity contribution in [2.75, 3.05) is 0 Å². The number of aliphatic hydroxyl groups excluding tert-OH is 1. The van der Waals surface area contributed by atoms with Gasteiger partial charge < -0.3 is 5.11 Å². The van der Waals surface area contributed by atoms with Crippen molar-refractivity contribution in [2.45, 2.75) is 6.42 Å². The molecule has 0 fully saturated rings. The van der Waals surface area contributed by atoms with E-state index in [0.717, 1.165) is 11.8 Å². The highest BCUT2D eigenvalue weighted by Gasteiger charge is 2.24. The fourth-order valence-electron chi connectivity index (χ4n) is 1.48. The molecular weight excluding hydrogens is 171 g/mol. The zero-order valence-electron chi connectivity index (χ0n) is 6.75. The molecule has 2 rings (SSSR count). The third-order valence-electron chi connectivity index (χ3n) is 2.14. The van der Waals surface area contributed by atoms with Crippen LogP contribution in [0.2, 0.25) is 0 Å². The summed E-state index contributed by atoms with van der Waals surface area (Å²) in [6.45, 7) is 0. The van der Waals surface area contributed by atoms with Crippen molar-refractivity contribution in [1.29, 1.82) is 0 Å². The Morgan fingerprint density at radius 2 is 2.23 bits per heavy atom. The first-order valence-electron chi connectivity index (χ1n) is 3.89. The van der Waals surface area contributed by atoms with Crippen LogP contribution in [0.5, 0.6) is 0 Å². The molecule has 0 aliphatic heterocycles. The van der Waals surface area contributed by atoms with Gasteiger partial charge in [0.05, 0.1) is 6.26 Å². The molecule has 1 aliphatic carbocycles. The third kappa shape index (κ3) is 1.13. The van der Waals surface area contributed by atoms with Crippen LogP contribution in [0, 0.1) is 5.82 Å². The van der Waals surface area contributed by atoms with Gasteiger partial charge in [0.1, 0.15) is 5.82 Å². The highest BCUT2D eigenvalue weighted by Crippen LogP contribution is 2.26. The summed E-state index contributed by atoms with van der Waals surface area (Å²) in [4.78, 5) is 11.4. The van der Waals surface area contributed by atoms with Crippen LogP contribution in [0.25, 0.3) is 0 Å². The van der Waals surface area contributed by atoms with E-state index in [9.17, 15) is 9.18 Å². The SMILES string of the molecule is O=C1/C(=C\O)Cc2ccc(F)cc21. The summed E-state index contributed by atoms with van der Waals surface area (Å²) in [5.74, 6) is -0.705. The second-order valence-corrected chi connectivity index (χ2v) is 2.96. The minimum Gasteiger partial charge on any atom is -0.515 e. The van der Waals surface area contributed by atoms with E-state index in [1.807, 2.05) is 0 Å². The van der Waals surface area contributed by atoms with E-state index in [0.29, 0.717) is 17.6 Å². The van der Waals surface area contributed by atoms with Gasteiger partial charge >= 0.3 is 0 Å². The molecule has 0 amide bonds. The van der Waals surface area contributed by atoms with Crippen molar-refractivity contribution in [3.8, 4) is 0 Å². The fourth-order valence-corrected chi connectivity index (χ4v) is 1.48. The molecule has 0 bridgehead atoms. The lowest BCUT2D eigenvalue weighted by Crippen LogP contribution is -1.95. The van der Waals surface area contributed by atoms with Crippen LogP contribution in [0.15, 0.2) is 30.0 Å². The van der Waals surface area contributed by atoms with E-state index in [2.05, 4.69) is 0 Å². The molecule has 0 aromatic heterocycles. The topological polar surface area (TPSA) is 37.3 Å². The molecule has 0 radical (unpaired) electrons. The third-order valence-corrected chi connectivity index (χ3v) is 2.14. The predicted octanol–water partition coefficient (Wildman–Crippen LogP) is 2.01. The Labute approximate surface area is 74.3 Å². The number of allylic oxidation sites excluding steroid dienone is 1. The van der Waals surface area contributed by atoms with Gasteiger partial charge in [-0.15, -0.1) is 0 Å². The lowest BCUT2D eigenvalue weighted by atomic mass is 10.1. The summed E-state index contributed by atoms with van der Waals surface area (Å²) in [5.41, 5.74) is 1.45. The van der Waals surface area contributed by atoms with E-state index in [1.54, 1.807) is 6.07 Å². The van der Waals surface area contributed by atoms with Crippen molar-refractivity contribution in [1.82, 2.24) is 0 Å². The maximum Gasteiger partial charge on any atom is 0.192 e. The van der Waals surface area contributed by atoms with E-state index < -0.39 is 5.82 Å². The molecule has 0 atom stereocenters. The second kappa shape index (κ2) is 2.69. The van der Waals surface area contributed by atoms with E-state index in [1.165, 1.54) is 12.1 Å². The van der Waals surface area contributed by atoms with Gasteiger partial charge in [0.2, 0.25) is 0 Å². The number of ketones is 1. The van der Waals surface area contributed by atoms with Gasteiger partial charge in [-0.1, -0.05) is 6.07 Å². The highest BCUT2D eigenvalue weighted by atomic mass is 19.1. The van der Waals surface area contributed by atoms with E-state index >= 15 is 0 Å². The Kier molecular flexibility index (Phi) is 1.65. The number of halogens is 1. The number of hydrogen-bond donors (Lipinski definition) is 1. The van der Waals surface area contributed by atoms with Gasteiger partial charge in [-0.25, -0.2) is 4.39 Å². The molecule has 0 saturated carbocycles. The summed E-state index contributed by atoms with van der Waals surface area (Å²) < 4.78 is 12.7. The standard InChI is InChI=1S/C10H7FO2/c11-8-2-1-6-3-7(5-12)10(13)9(6)4-8/h1-2,4-5,12H,3H2/b7-5-. The van der Waals surface area contributed by atoms with Crippen molar-refractivity contribution in [2.24, 2.45) is 0 Å². The number of rotatable bonds is 0. The van der Waals surface area contributed by atoms with E-state index in [-0.39, 0.29) is 5.78 Å². The van der Waals surface area contributed by atoms with Gasteiger partial charge in [0, 0.05) is 17.6 Å². The van der Waals surface area contributed by atoms with Crippen LogP contribution in [0.4, 0.5) is 4.39 Å².